The summed E-state index contributed by atoms with van der Waals surface area (Å²) in [5.41, 5.74) is 0. The van der Waals surface area contributed by atoms with Crippen LogP contribution in [-0.2, 0) is 9.47 Å². The topological polar surface area (TPSA) is 30.5 Å². The molecule has 1 rings (SSSR count). The van der Waals surface area contributed by atoms with Crippen molar-refractivity contribution in [1.82, 2.24) is 5.32 Å². The first-order valence-electron chi connectivity index (χ1n) is 5.70. The van der Waals surface area contributed by atoms with Crippen molar-refractivity contribution in [2.45, 2.75) is 44.8 Å². The average molecular weight is 201 g/mol. The maximum Gasteiger partial charge on any atom is 0.0696 e. The summed E-state index contributed by atoms with van der Waals surface area (Å²) in [7, 11) is 1.73. The van der Waals surface area contributed by atoms with Gasteiger partial charge >= 0.3 is 0 Å². The Bertz CT molecular complexity index is 137. The summed E-state index contributed by atoms with van der Waals surface area (Å²) in [6.07, 6.45) is 5.16. The van der Waals surface area contributed by atoms with E-state index in [0.717, 1.165) is 38.6 Å². The predicted molar refractivity (Wildman–Crippen MR) is 57.5 cm³/mol. The molecule has 0 aliphatic heterocycles. The van der Waals surface area contributed by atoms with Crippen LogP contribution in [0.15, 0.2) is 0 Å². The molecule has 0 radical (unpaired) electrons. The third kappa shape index (κ3) is 5.58. The fourth-order valence-electron chi connectivity index (χ4n) is 1.36. The van der Waals surface area contributed by atoms with Gasteiger partial charge in [-0.3, -0.25) is 0 Å². The van der Waals surface area contributed by atoms with Gasteiger partial charge in [-0.2, -0.15) is 0 Å². The molecule has 0 amide bonds. The van der Waals surface area contributed by atoms with Gasteiger partial charge in [0.05, 0.1) is 6.10 Å². The first kappa shape index (κ1) is 12.0. The first-order valence-corrected chi connectivity index (χ1v) is 5.70. The standard InChI is InChI=1S/C11H23NO2/c1-3-11(9-12-10-5-6-10)14-8-4-7-13-2/h10-12H,3-9H2,1-2H3. The van der Waals surface area contributed by atoms with Crippen molar-refractivity contribution in [2.24, 2.45) is 0 Å². The highest BCUT2D eigenvalue weighted by Crippen LogP contribution is 2.18. The predicted octanol–water partition coefficient (Wildman–Crippen LogP) is 1.57. The zero-order valence-electron chi connectivity index (χ0n) is 9.42. The highest BCUT2D eigenvalue weighted by molar-refractivity contribution is 4.81. The number of nitrogens with one attached hydrogen (secondary N) is 1. The third-order valence-corrected chi connectivity index (χ3v) is 2.51. The van der Waals surface area contributed by atoms with E-state index in [1.54, 1.807) is 7.11 Å². The van der Waals surface area contributed by atoms with Crippen molar-refractivity contribution in [3.05, 3.63) is 0 Å². The van der Waals surface area contributed by atoms with Crippen molar-refractivity contribution < 1.29 is 9.47 Å². The van der Waals surface area contributed by atoms with Crippen LogP contribution in [-0.4, -0.2) is 39.0 Å². The van der Waals surface area contributed by atoms with Crippen LogP contribution >= 0.6 is 0 Å². The van der Waals surface area contributed by atoms with Gasteiger partial charge in [0.2, 0.25) is 0 Å². The number of ether oxygens (including phenoxy) is 2. The van der Waals surface area contributed by atoms with E-state index < -0.39 is 0 Å². The molecule has 1 saturated carbocycles. The highest BCUT2D eigenvalue weighted by atomic mass is 16.5. The van der Waals surface area contributed by atoms with Crippen LogP contribution in [0.25, 0.3) is 0 Å². The minimum Gasteiger partial charge on any atom is -0.385 e. The van der Waals surface area contributed by atoms with E-state index >= 15 is 0 Å². The lowest BCUT2D eigenvalue weighted by Gasteiger charge is -2.16. The van der Waals surface area contributed by atoms with Crippen LogP contribution in [0.4, 0.5) is 0 Å². The van der Waals surface area contributed by atoms with Gasteiger partial charge in [-0.15, -0.1) is 0 Å². The van der Waals surface area contributed by atoms with Gasteiger partial charge in [0.15, 0.2) is 0 Å². The molecule has 0 bridgehead atoms. The minimum absolute atomic E-state index is 0.382. The van der Waals surface area contributed by atoms with E-state index in [-0.39, 0.29) is 0 Å². The molecule has 1 aliphatic carbocycles. The summed E-state index contributed by atoms with van der Waals surface area (Å²) in [5, 5.41) is 3.49. The second-order valence-electron chi connectivity index (χ2n) is 3.93. The normalized spacial score (nSPS) is 18.4. The molecule has 1 fully saturated rings. The lowest BCUT2D eigenvalue weighted by molar-refractivity contribution is 0.0374. The van der Waals surface area contributed by atoms with Crippen molar-refractivity contribution in [3.8, 4) is 0 Å². The van der Waals surface area contributed by atoms with Crippen LogP contribution in [0.3, 0.4) is 0 Å². The molecule has 0 aromatic rings. The SMILES string of the molecule is CCC(CNC1CC1)OCCCOC. The van der Waals surface area contributed by atoms with Gasteiger partial charge in [-0.25, -0.2) is 0 Å². The molecule has 3 heteroatoms. The van der Waals surface area contributed by atoms with Gasteiger partial charge in [0, 0.05) is 32.9 Å². The molecule has 84 valence electrons. The van der Waals surface area contributed by atoms with E-state index in [4.69, 9.17) is 9.47 Å². The minimum atomic E-state index is 0.382. The Kier molecular flexibility index (Phi) is 6.15. The zero-order chi connectivity index (χ0) is 10.2. The number of hydrogen-bond donors (Lipinski definition) is 1. The molecule has 14 heavy (non-hydrogen) atoms. The molecule has 1 aliphatic rings. The fraction of sp³-hybridized carbons (Fsp3) is 1.00. The average Bonchev–Trinajstić information content (AvgIpc) is 3.01. The van der Waals surface area contributed by atoms with Gasteiger partial charge in [-0.05, 0) is 25.7 Å². The van der Waals surface area contributed by atoms with Crippen molar-refractivity contribution in [1.29, 1.82) is 0 Å². The molecule has 0 saturated heterocycles. The molecule has 0 aromatic heterocycles. The number of rotatable bonds is 9. The van der Waals surface area contributed by atoms with Crippen LogP contribution < -0.4 is 5.32 Å². The van der Waals surface area contributed by atoms with Gasteiger partial charge < -0.3 is 14.8 Å². The smallest absolute Gasteiger partial charge is 0.0696 e. The van der Waals surface area contributed by atoms with E-state index in [0.29, 0.717) is 6.10 Å². The summed E-state index contributed by atoms with van der Waals surface area (Å²) in [5.74, 6) is 0. The Balaban J connectivity index is 1.93. The molecular weight excluding hydrogens is 178 g/mol. The fourth-order valence-corrected chi connectivity index (χ4v) is 1.36. The Morgan fingerprint density at radius 2 is 2.14 bits per heavy atom. The van der Waals surface area contributed by atoms with Gasteiger partial charge in [0.1, 0.15) is 0 Å². The first-order chi connectivity index (χ1) is 6.86. The summed E-state index contributed by atoms with van der Waals surface area (Å²) < 4.78 is 10.7. The number of methoxy groups -OCH3 is 1. The molecular formula is C11H23NO2. The monoisotopic (exact) mass is 201 g/mol. The summed E-state index contributed by atoms with van der Waals surface area (Å²) in [6, 6.07) is 0.784. The van der Waals surface area contributed by atoms with E-state index in [9.17, 15) is 0 Å². The van der Waals surface area contributed by atoms with E-state index in [2.05, 4.69) is 12.2 Å². The highest BCUT2D eigenvalue weighted by Gasteiger charge is 2.21. The van der Waals surface area contributed by atoms with Crippen LogP contribution in [0, 0.1) is 0 Å². The second-order valence-corrected chi connectivity index (χ2v) is 3.93. The van der Waals surface area contributed by atoms with Gasteiger partial charge in [0.25, 0.3) is 0 Å². The molecule has 1 atom stereocenters. The Labute approximate surface area is 87.2 Å². The molecule has 0 spiro atoms. The quantitative estimate of drug-likeness (QED) is 0.574. The Hall–Kier alpha value is -0.120. The molecule has 1 N–H and O–H groups in total. The summed E-state index contributed by atoms with van der Waals surface area (Å²) in [4.78, 5) is 0. The maximum absolute atomic E-state index is 5.73. The zero-order valence-corrected chi connectivity index (χ0v) is 9.42. The Morgan fingerprint density at radius 1 is 1.36 bits per heavy atom. The molecule has 3 nitrogen and oxygen atoms in total. The van der Waals surface area contributed by atoms with Gasteiger partial charge in [-0.1, -0.05) is 6.92 Å². The van der Waals surface area contributed by atoms with Crippen molar-refractivity contribution in [3.63, 3.8) is 0 Å². The van der Waals surface area contributed by atoms with Crippen LogP contribution in [0.5, 0.6) is 0 Å². The lowest BCUT2D eigenvalue weighted by Crippen LogP contribution is -2.30. The van der Waals surface area contributed by atoms with Crippen molar-refractivity contribution in [2.75, 3.05) is 26.9 Å². The third-order valence-electron chi connectivity index (χ3n) is 2.51. The van der Waals surface area contributed by atoms with Crippen molar-refractivity contribution >= 4 is 0 Å². The lowest BCUT2D eigenvalue weighted by atomic mass is 10.2. The molecule has 0 aromatic carbocycles. The second kappa shape index (κ2) is 7.21. The maximum atomic E-state index is 5.73. The summed E-state index contributed by atoms with van der Waals surface area (Å²) in [6.45, 7) is 4.80. The largest absolute Gasteiger partial charge is 0.385 e. The Morgan fingerprint density at radius 3 is 2.71 bits per heavy atom. The number of hydrogen-bond acceptors (Lipinski definition) is 3. The van der Waals surface area contributed by atoms with E-state index in [1.807, 2.05) is 0 Å². The van der Waals surface area contributed by atoms with Crippen LogP contribution in [0.2, 0.25) is 0 Å². The molecule has 1 unspecified atom stereocenters. The van der Waals surface area contributed by atoms with E-state index in [1.165, 1.54) is 12.8 Å². The molecule has 0 heterocycles. The van der Waals surface area contributed by atoms with Crippen LogP contribution in [0.1, 0.15) is 32.6 Å². The summed E-state index contributed by atoms with van der Waals surface area (Å²) >= 11 is 0.